The maximum absolute atomic E-state index is 12.9. The van der Waals surface area contributed by atoms with E-state index in [0.29, 0.717) is 30.8 Å². The van der Waals surface area contributed by atoms with Crippen LogP contribution in [0.1, 0.15) is 53.3 Å². The fourth-order valence-electron chi connectivity index (χ4n) is 3.84. The molecule has 2 atom stereocenters. The Kier molecular flexibility index (Phi) is 7.80. The van der Waals surface area contributed by atoms with Crippen LogP contribution in [0.4, 0.5) is 0 Å². The van der Waals surface area contributed by atoms with Gasteiger partial charge >= 0.3 is 0 Å². The maximum Gasteiger partial charge on any atom is 0.254 e. The highest BCUT2D eigenvalue weighted by molar-refractivity contribution is 6.07. The van der Waals surface area contributed by atoms with Crippen molar-refractivity contribution in [3.63, 3.8) is 0 Å². The lowest BCUT2D eigenvalue weighted by Gasteiger charge is -2.33. The Morgan fingerprint density at radius 1 is 1.15 bits per heavy atom. The van der Waals surface area contributed by atoms with E-state index < -0.39 is 0 Å². The minimum Gasteiger partial charge on any atom is -0.354 e. The molecule has 2 aliphatic heterocycles. The van der Waals surface area contributed by atoms with Crippen LogP contribution in [0.2, 0.25) is 0 Å². The summed E-state index contributed by atoms with van der Waals surface area (Å²) in [6.07, 6.45) is 3.84. The topological polar surface area (TPSA) is 78.5 Å². The normalized spacial score (nSPS) is 22.0. The van der Waals surface area contributed by atoms with Crippen LogP contribution < -0.4 is 10.6 Å². The molecular formula is C20H28ClN3O3. The smallest absolute Gasteiger partial charge is 0.254 e. The molecule has 148 valence electrons. The number of ketones is 1. The molecule has 0 radical (unpaired) electrons. The molecule has 1 aromatic carbocycles. The highest BCUT2D eigenvalue weighted by atomic mass is 35.5. The fourth-order valence-corrected chi connectivity index (χ4v) is 3.84. The molecule has 2 aliphatic rings. The van der Waals surface area contributed by atoms with Crippen molar-refractivity contribution in [3.05, 3.63) is 35.4 Å². The molecule has 0 aromatic heterocycles. The predicted octanol–water partition coefficient (Wildman–Crippen LogP) is 2.03. The third-order valence-electron chi connectivity index (χ3n) is 5.28. The Morgan fingerprint density at radius 3 is 2.56 bits per heavy atom. The lowest BCUT2D eigenvalue weighted by Crippen LogP contribution is -2.46. The van der Waals surface area contributed by atoms with E-state index in [1.807, 2.05) is 4.90 Å². The van der Waals surface area contributed by atoms with Crippen molar-refractivity contribution in [2.75, 3.05) is 26.2 Å². The van der Waals surface area contributed by atoms with Crippen LogP contribution in [-0.4, -0.2) is 54.7 Å². The third-order valence-corrected chi connectivity index (χ3v) is 5.28. The number of Topliss-reactive ketones (excluding diaryl/α,β-unsaturated/α-hetero) is 1. The minimum atomic E-state index is -0.0983. The standard InChI is InChI=1S/C20H27N3O3.ClH/c1-14(24)16-7-2-3-8-17(16)20(26)23-11-5-6-15(13-23)12-22-19(25)18-9-4-10-21-18;/h2-3,7-8,15,18,21H,4-6,9-13H2,1H3,(H,22,25);1H. The Labute approximate surface area is 166 Å². The van der Waals surface area contributed by atoms with E-state index in [1.165, 1.54) is 6.92 Å². The van der Waals surface area contributed by atoms with Crippen molar-refractivity contribution in [2.24, 2.45) is 5.92 Å². The van der Waals surface area contributed by atoms with Gasteiger partial charge in [-0.05, 0) is 51.1 Å². The summed E-state index contributed by atoms with van der Waals surface area (Å²) >= 11 is 0. The second-order valence-corrected chi connectivity index (χ2v) is 7.26. The van der Waals surface area contributed by atoms with Crippen LogP contribution in [0.5, 0.6) is 0 Å². The molecule has 2 N–H and O–H groups in total. The third kappa shape index (κ3) is 5.30. The summed E-state index contributed by atoms with van der Waals surface area (Å²) in [5.74, 6) is 0.124. The van der Waals surface area contributed by atoms with E-state index in [0.717, 1.165) is 32.2 Å². The molecular weight excluding hydrogens is 366 g/mol. The van der Waals surface area contributed by atoms with Gasteiger partial charge in [0.2, 0.25) is 5.91 Å². The van der Waals surface area contributed by atoms with Crippen LogP contribution in [-0.2, 0) is 4.79 Å². The van der Waals surface area contributed by atoms with Crippen LogP contribution in [0.15, 0.2) is 24.3 Å². The molecule has 2 heterocycles. The fraction of sp³-hybridized carbons (Fsp3) is 0.550. The predicted molar refractivity (Wildman–Crippen MR) is 106 cm³/mol. The number of carbonyl (C=O) groups excluding carboxylic acids is 3. The van der Waals surface area contributed by atoms with Gasteiger partial charge in [-0.3, -0.25) is 14.4 Å². The van der Waals surface area contributed by atoms with Gasteiger partial charge in [0.05, 0.1) is 11.6 Å². The van der Waals surface area contributed by atoms with E-state index in [1.54, 1.807) is 24.3 Å². The monoisotopic (exact) mass is 393 g/mol. The van der Waals surface area contributed by atoms with Gasteiger partial charge in [0.15, 0.2) is 5.78 Å². The Hall–Kier alpha value is -1.92. The number of nitrogens with one attached hydrogen (secondary N) is 2. The molecule has 0 aliphatic carbocycles. The minimum absolute atomic E-state index is 0. The molecule has 0 bridgehead atoms. The summed E-state index contributed by atoms with van der Waals surface area (Å²) in [7, 11) is 0. The van der Waals surface area contributed by atoms with Crippen LogP contribution in [0.3, 0.4) is 0 Å². The van der Waals surface area contributed by atoms with Crippen LogP contribution >= 0.6 is 12.4 Å². The molecule has 6 nitrogen and oxygen atoms in total. The first-order chi connectivity index (χ1) is 12.6. The highest BCUT2D eigenvalue weighted by Crippen LogP contribution is 2.20. The van der Waals surface area contributed by atoms with E-state index >= 15 is 0 Å². The van der Waals surface area contributed by atoms with Crippen molar-refractivity contribution < 1.29 is 14.4 Å². The second kappa shape index (κ2) is 9.85. The number of likely N-dealkylation sites (tertiary alicyclic amines) is 1. The van der Waals surface area contributed by atoms with Gasteiger partial charge in [0.1, 0.15) is 0 Å². The highest BCUT2D eigenvalue weighted by Gasteiger charge is 2.28. The Bertz CT molecular complexity index is 689. The maximum atomic E-state index is 12.9. The molecule has 2 amide bonds. The first kappa shape index (κ1) is 21.4. The van der Waals surface area contributed by atoms with Gasteiger partial charge in [-0.1, -0.05) is 18.2 Å². The summed E-state index contributed by atoms with van der Waals surface area (Å²) < 4.78 is 0. The van der Waals surface area contributed by atoms with E-state index in [4.69, 9.17) is 0 Å². The van der Waals surface area contributed by atoms with Crippen molar-refractivity contribution in [1.82, 2.24) is 15.5 Å². The molecule has 2 fully saturated rings. The Balaban J connectivity index is 0.00000261. The number of rotatable bonds is 5. The molecule has 2 saturated heterocycles. The number of carbonyl (C=O) groups is 3. The quantitative estimate of drug-likeness (QED) is 0.750. The van der Waals surface area contributed by atoms with Gasteiger partial charge in [0, 0.05) is 25.2 Å². The number of piperidine rings is 1. The summed E-state index contributed by atoms with van der Waals surface area (Å²) in [6, 6.07) is 6.91. The first-order valence-corrected chi connectivity index (χ1v) is 9.46. The van der Waals surface area contributed by atoms with Gasteiger partial charge in [-0.25, -0.2) is 0 Å². The molecule has 0 saturated carbocycles. The molecule has 3 rings (SSSR count). The van der Waals surface area contributed by atoms with E-state index in [2.05, 4.69) is 10.6 Å². The molecule has 0 spiro atoms. The Morgan fingerprint density at radius 2 is 1.89 bits per heavy atom. The lowest BCUT2D eigenvalue weighted by atomic mass is 9.96. The number of hydrogen-bond acceptors (Lipinski definition) is 4. The van der Waals surface area contributed by atoms with E-state index in [-0.39, 0.29) is 42.0 Å². The first-order valence-electron chi connectivity index (χ1n) is 9.46. The van der Waals surface area contributed by atoms with Crippen LogP contribution in [0.25, 0.3) is 0 Å². The molecule has 7 heteroatoms. The summed E-state index contributed by atoms with van der Waals surface area (Å²) in [5.41, 5.74) is 0.945. The largest absolute Gasteiger partial charge is 0.354 e. The van der Waals surface area contributed by atoms with Gasteiger partial charge < -0.3 is 15.5 Å². The molecule has 2 unspecified atom stereocenters. The zero-order valence-electron chi connectivity index (χ0n) is 15.7. The second-order valence-electron chi connectivity index (χ2n) is 7.26. The van der Waals surface area contributed by atoms with Gasteiger partial charge in [-0.2, -0.15) is 0 Å². The number of nitrogens with zero attached hydrogens (tertiary/aromatic N) is 1. The SMILES string of the molecule is CC(=O)c1ccccc1C(=O)N1CCCC(CNC(=O)C2CCCN2)C1.Cl. The number of amides is 2. The van der Waals surface area contributed by atoms with Crippen molar-refractivity contribution in [1.29, 1.82) is 0 Å². The van der Waals surface area contributed by atoms with E-state index in [9.17, 15) is 14.4 Å². The summed E-state index contributed by atoms with van der Waals surface area (Å²) in [6.45, 7) is 4.29. The molecule has 1 aromatic rings. The van der Waals surface area contributed by atoms with Crippen molar-refractivity contribution >= 4 is 30.0 Å². The van der Waals surface area contributed by atoms with Crippen LogP contribution in [0, 0.1) is 5.92 Å². The van der Waals surface area contributed by atoms with Gasteiger partial charge in [-0.15, -0.1) is 12.4 Å². The number of benzene rings is 1. The van der Waals surface area contributed by atoms with Gasteiger partial charge in [0.25, 0.3) is 5.91 Å². The van der Waals surface area contributed by atoms with Crippen molar-refractivity contribution in [2.45, 2.75) is 38.6 Å². The zero-order chi connectivity index (χ0) is 18.5. The zero-order valence-corrected chi connectivity index (χ0v) is 16.5. The summed E-state index contributed by atoms with van der Waals surface area (Å²) in [5, 5.41) is 6.23. The summed E-state index contributed by atoms with van der Waals surface area (Å²) in [4.78, 5) is 38.7. The number of halogens is 1. The van der Waals surface area contributed by atoms with Crippen molar-refractivity contribution in [3.8, 4) is 0 Å². The molecule has 27 heavy (non-hydrogen) atoms. The number of hydrogen-bond donors (Lipinski definition) is 2. The average Bonchev–Trinajstić information content (AvgIpc) is 3.20. The lowest BCUT2D eigenvalue weighted by molar-refractivity contribution is -0.123. The average molecular weight is 394 g/mol.